The van der Waals surface area contributed by atoms with E-state index in [0.717, 1.165) is 116 Å². The minimum absolute atomic E-state index is 0.0818. The first-order chi connectivity index (χ1) is 39.0. The number of hydrogen-bond acceptors (Lipinski definition) is 6. The summed E-state index contributed by atoms with van der Waals surface area (Å²) < 4.78 is 16.9. The molecule has 0 aliphatic heterocycles. The summed E-state index contributed by atoms with van der Waals surface area (Å²) in [4.78, 5) is 38.4. The highest BCUT2D eigenvalue weighted by molar-refractivity contribution is 5.71. The number of carbonyl (C=O) groups excluding carboxylic acids is 3. The van der Waals surface area contributed by atoms with Gasteiger partial charge >= 0.3 is 17.9 Å². The average molecular weight is 1100 g/mol. The summed E-state index contributed by atoms with van der Waals surface area (Å²) in [6.45, 7) is 6.43. The fourth-order valence-electron chi connectivity index (χ4n) is 9.56. The summed E-state index contributed by atoms with van der Waals surface area (Å²) >= 11 is 0. The van der Waals surface area contributed by atoms with Crippen LogP contribution in [0.5, 0.6) is 0 Å². The molecule has 0 N–H and O–H groups in total. The van der Waals surface area contributed by atoms with Crippen molar-refractivity contribution in [1.29, 1.82) is 0 Å². The zero-order chi connectivity index (χ0) is 57.1. The lowest BCUT2D eigenvalue weighted by atomic mass is 10.0. The first-order valence-electron chi connectivity index (χ1n) is 33.7. The van der Waals surface area contributed by atoms with E-state index in [9.17, 15) is 14.4 Å². The molecule has 0 bridgehead atoms. The largest absolute Gasteiger partial charge is 0.462 e. The van der Waals surface area contributed by atoms with Gasteiger partial charge in [0.1, 0.15) is 13.2 Å². The highest BCUT2D eigenvalue weighted by Crippen LogP contribution is 2.17. The summed E-state index contributed by atoms with van der Waals surface area (Å²) in [6.07, 6.45) is 90.0. The van der Waals surface area contributed by atoms with Crippen LogP contribution in [0.4, 0.5) is 0 Å². The maximum Gasteiger partial charge on any atom is 0.306 e. The van der Waals surface area contributed by atoms with E-state index < -0.39 is 6.10 Å². The lowest BCUT2D eigenvalue weighted by Gasteiger charge is -2.18. The van der Waals surface area contributed by atoms with Gasteiger partial charge in [-0.2, -0.15) is 0 Å². The predicted octanol–water partition coefficient (Wildman–Crippen LogP) is 23.2. The van der Waals surface area contributed by atoms with E-state index in [1.165, 1.54) is 173 Å². The van der Waals surface area contributed by atoms with Gasteiger partial charge in [0.25, 0.3) is 0 Å². The fraction of sp³-hybridized carbons (Fsp3) is 0.740. The van der Waals surface area contributed by atoms with E-state index in [4.69, 9.17) is 14.2 Å². The molecule has 6 heteroatoms. The van der Waals surface area contributed by atoms with Crippen molar-refractivity contribution in [3.8, 4) is 0 Å². The van der Waals surface area contributed by atoms with E-state index in [0.29, 0.717) is 19.3 Å². The summed E-state index contributed by atoms with van der Waals surface area (Å²) in [5, 5.41) is 0. The van der Waals surface area contributed by atoms with Crippen LogP contribution in [0.15, 0.2) is 97.2 Å². The molecule has 0 aliphatic rings. The molecule has 0 heterocycles. The zero-order valence-corrected chi connectivity index (χ0v) is 52.1. The van der Waals surface area contributed by atoms with Crippen molar-refractivity contribution in [2.24, 2.45) is 0 Å². The number of hydrogen-bond donors (Lipinski definition) is 0. The van der Waals surface area contributed by atoms with Crippen molar-refractivity contribution in [1.82, 2.24) is 0 Å². The molecule has 1 atom stereocenters. The Bertz CT molecular complexity index is 1540. The van der Waals surface area contributed by atoms with Crippen molar-refractivity contribution in [2.75, 3.05) is 13.2 Å². The number of carbonyl (C=O) groups is 3. The third kappa shape index (κ3) is 65.0. The summed E-state index contributed by atoms with van der Waals surface area (Å²) in [5.74, 6) is -0.887. The maximum absolute atomic E-state index is 12.9. The maximum atomic E-state index is 12.9. The third-order valence-corrected chi connectivity index (χ3v) is 14.6. The predicted molar refractivity (Wildman–Crippen MR) is 344 cm³/mol. The molecule has 0 aliphatic carbocycles. The molecular weight excluding hydrogens is 973 g/mol. The van der Waals surface area contributed by atoms with Gasteiger partial charge in [0, 0.05) is 19.3 Å². The van der Waals surface area contributed by atoms with Crippen LogP contribution in [0.25, 0.3) is 0 Å². The molecule has 0 aromatic heterocycles. The molecule has 1 unspecified atom stereocenters. The minimum atomic E-state index is -0.787. The highest BCUT2D eigenvalue weighted by atomic mass is 16.6. The summed E-state index contributed by atoms with van der Waals surface area (Å²) in [5.41, 5.74) is 0. The van der Waals surface area contributed by atoms with E-state index >= 15 is 0 Å². The van der Waals surface area contributed by atoms with Crippen molar-refractivity contribution in [3.63, 3.8) is 0 Å². The van der Waals surface area contributed by atoms with Gasteiger partial charge < -0.3 is 14.2 Å². The topological polar surface area (TPSA) is 78.9 Å². The van der Waals surface area contributed by atoms with Gasteiger partial charge in [-0.25, -0.2) is 0 Å². The molecule has 454 valence electrons. The van der Waals surface area contributed by atoms with Crippen LogP contribution >= 0.6 is 0 Å². The van der Waals surface area contributed by atoms with E-state index in [1.54, 1.807) is 0 Å². The Hall–Kier alpha value is -3.67. The number of rotatable bonds is 61. The quantitative estimate of drug-likeness (QED) is 0.0261. The van der Waals surface area contributed by atoms with Crippen LogP contribution in [0, 0.1) is 0 Å². The average Bonchev–Trinajstić information content (AvgIpc) is 3.45. The van der Waals surface area contributed by atoms with Crippen LogP contribution in [-0.2, 0) is 28.6 Å². The van der Waals surface area contributed by atoms with Gasteiger partial charge in [0.2, 0.25) is 0 Å². The molecule has 0 aromatic carbocycles. The van der Waals surface area contributed by atoms with Gasteiger partial charge in [0.05, 0.1) is 0 Å². The van der Waals surface area contributed by atoms with Gasteiger partial charge in [-0.15, -0.1) is 0 Å². The summed E-state index contributed by atoms with van der Waals surface area (Å²) in [6, 6.07) is 0. The third-order valence-electron chi connectivity index (χ3n) is 14.6. The van der Waals surface area contributed by atoms with Crippen molar-refractivity contribution < 1.29 is 28.6 Å². The molecule has 6 nitrogen and oxygen atoms in total. The first kappa shape index (κ1) is 75.3. The lowest BCUT2D eigenvalue weighted by Crippen LogP contribution is -2.30. The SMILES string of the molecule is CC/C=C\C/C=C\C/C=C\C/C=C\CCCCCCCCCCCCCCCCCCC(=O)OCC(COC(=O)CCCCCCC/C=C\CCCCCCCC)OC(=O)CCCCCCCCC/C=C\C/C=C\C/C=C\CC. The van der Waals surface area contributed by atoms with E-state index in [2.05, 4.69) is 118 Å². The molecule has 79 heavy (non-hydrogen) atoms. The van der Waals surface area contributed by atoms with Crippen LogP contribution < -0.4 is 0 Å². The standard InChI is InChI=1S/C73H126O6/c1-4-7-10-13-16-19-22-25-28-30-31-32-33-34-35-36-37-38-39-40-41-43-45-48-51-54-57-60-63-66-72(75)78-69-70(68-77-71(74)65-62-59-56-53-50-47-44-27-24-21-18-15-12-9-6-3)79-73(76)67-64-61-58-55-52-49-46-42-29-26-23-20-17-14-11-8-5-2/h7-8,10-11,16-17,19-20,25-29,31-32,44,70H,4-6,9,12-15,18,21-24,30,33-43,45-69H2,1-3H3/b10-7-,11-8-,19-16-,20-17-,28-25-,29-26-,32-31-,44-27-. The van der Waals surface area contributed by atoms with Crippen LogP contribution in [0.3, 0.4) is 0 Å². The highest BCUT2D eigenvalue weighted by Gasteiger charge is 2.19. The fourth-order valence-corrected chi connectivity index (χ4v) is 9.56. The van der Waals surface area contributed by atoms with E-state index in [-0.39, 0.29) is 31.1 Å². The molecular formula is C73H126O6. The molecule has 0 spiro atoms. The normalized spacial score (nSPS) is 12.7. The second-order valence-electron chi connectivity index (χ2n) is 22.3. The number of unbranched alkanes of at least 4 members (excludes halogenated alkanes) is 34. The zero-order valence-electron chi connectivity index (χ0n) is 52.1. The summed E-state index contributed by atoms with van der Waals surface area (Å²) in [7, 11) is 0. The minimum Gasteiger partial charge on any atom is -0.462 e. The van der Waals surface area contributed by atoms with Crippen LogP contribution in [0.1, 0.15) is 329 Å². The monoisotopic (exact) mass is 1100 g/mol. The molecule has 0 saturated heterocycles. The molecule has 0 rings (SSSR count). The molecule has 0 aromatic rings. The van der Waals surface area contributed by atoms with Gasteiger partial charge in [-0.1, -0.05) is 291 Å². The Balaban J connectivity index is 4.26. The Morgan fingerprint density at radius 3 is 0.785 bits per heavy atom. The van der Waals surface area contributed by atoms with Gasteiger partial charge in [-0.05, 0) is 116 Å². The Morgan fingerprint density at radius 2 is 0.494 bits per heavy atom. The van der Waals surface area contributed by atoms with Crippen LogP contribution in [0.2, 0.25) is 0 Å². The van der Waals surface area contributed by atoms with E-state index in [1.807, 2.05) is 0 Å². The molecule has 0 fully saturated rings. The van der Waals surface area contributed by atoms with Crippen LogP contribution in [-0.4, -0.2) is 37.2 Å². The number of ether oxygens (including phenoxy) is 3. The second kappa shape index (κ2) is 66.8. The number of allylic oxidation sites excluding steroid dienone is 16. The molecule has 0 saturated carbocycles. The van der Waals surface area contributed by atoms with Gasteiger partial charge in [0.15, 0.2) is 6.10 Å². The van der Waals surface area contributed by atoms with Crippen molar-refractivity contribution in [3.05, 3.63) is 97.2 Å². The van der Waals surface area contributed by atoms with Gasteiger partial charge in [-0.3, -0.25) is 14.4 Å². The molecule has 0 amide bonds. The molecule has 0 radical (unpaired) electrons. The number of esters is 3. The Morgan fingerprint density at radius 1 is 0.266 bits per heavy atom. The van der Waals surface area contributed by atoms with Crippen molar-refractivity contribution >= 4 is 17.9 Å². The smallest absolute Gasteiger partial charge is 0.306 e. The Labute approximate surface area is 489 Å². The van der Waals surface area contributed by atoms with Crippen molar-refractivity contribution in [2.45, 2.75) is 335 Å². The Kier molecular flexibility index (Phi) is 63.7. The lowest BCUT2D eigenvalue weighted by molar-refractivity contribution is -0.167. The second-order valence-corrected chi connectivity index (χ2v) is 22.3. The first-order valence-corrected chi connectivity index (χ1v) is 33.7.